The predicted octanol–water partition coefficient (Wildman–Crippen LogP) is 2.45. The Labute approximate surface area is 113 Å². The first-order valence-electron chi connectivity index (χ1n) is 5.16. The van der Waals surface area contributed by atoms with Crippen molar-refractivity contribution in [1.29, 1.82) is 0 Å². The summed E-state index contributed by atoms with van der Waals surface area (Å²) in [5.74, 6) is 0. The van der Waals surface area contributed by atoms with Gasteiger partial charge in [0.25, 0.3) is 0 Å². The Morgan fingerprint density at radius 3 is 2.47 bits per heavy atom. The van der Waals surface area contributed by atoms with Gasteiger partial charge in [-0.3, -0.25) is 4.72 Å². The van der Waals surface area contributed by atoms with Gasteiger partial charge in [0.05, 0.1) is 15.8 Å². The van der Waals surface area contributed by atoms with E-state index in [0.717, 1.165) is 12.1 Å². The molecular weight excluding hydrogens is 305 g/mol. The standard InChI is InChI=1S/C10H12ClF3N2O2S/c1-6(5-15)19(17,18)16-7-2-3-9(11)8(4-7)10(12,13)14/h2-4,6,16H,5,15H2,1H3. The van der Waals surface area contributed by atoms with E-state index in [1.807, 2.05) is 4.72 Å². The van der Waals surface area contributed by atoms with E-state index in [9.17, 15) is 21.6 Å². The molecule has 0 aliphatic heterocycles. The van der Waals surface area contributed by atoms with E-state index in [0.29, 0.717) is 6.07 Å². The van der Waals surface area contributed by atoms with Crippen LogP contribution < -0.4 is 10.5 Å². The van der Waals surface area contributed by atoms with Crippen LogP contribution in [0.15, 0.2) is 18.2 Å². The zero-order valence-corrected chi connectivity index (χ0v) is 11.4. The number of hydrogen-bond donors (Lipinski definition) is 2. The number of nitrogens with one attached hydrogen (secondary N) is 1. The minimum absolute atomic E-state index is 0.144. The highest BCUT2D eigenvalue weighted by Crippen LogP contribution is 2.36. The largest absolute Gasteiger partial charge is 0.417 e. The first kappa shape index (κ1) is 16.1. The van der Waals surface area contributed by atoms with Crippen LogP contribution in [0.4, 0.5) is 18.9 Å². The zero-order valence-electron chi connectivity index (χ0n) is 9.83. The molecule has 0 spiro atoms. The van der Waals surface area contributed by atoms with E-state index in [1.54, 1.807) is 0 Å². The minimum atomic E-state index is -4.65. The second kappa shape index (κ2) is 5.56. The first-order valence-corrected chi connectivity index (χ1v) is 7.09. The molecule has 0 aliphatic rings. The van der Waals surface area contributed by atoms with Crippen LogP contribution in [-0.4, -0.2) is 20.2 Å². The van der Waals surface area contributed by atoms with Crippen molar-refractivity contribution in [3.05, 3.63) is 28.8 Å². The molecule has 1 unspecified atom stereocenters. The molecule has 108 valence electrons. The Bertz CT molecular complexity index is 560. The summed E-state index contributed by atoms with van der Waals surface area (Å²) < 4.78 is 63.2. The fraction of sp³-hybridized carbons (Fsp3) is 0.400. The Balaban J connectivity index is 3.12. The van der Waals surface area contributed by atoms with Crippen molar-refractivity contribution in [1.82, 2.24) is 0 Å². The maximum Gasteiger partial charge on any atom is 0.417 e. The highest BCUT2D eigenvalue weighted by molar-refractivity contribution is 7.93. The van der Waals surface area contributed by atoms with Crippen molar-refractivity contribution in [2.45, 2.75) is 18.3 Å². The SMILES string of the molecule is CC(CN)S(=O)(=O)Nc1ccc(Cl)c(C(F)(F)F)c1. The van der Waals surface area contributed by atoms with Gasteiger partial charge >= 0.3 is 6.18 Å². The van der Waals surface area contributed by atoms with Gasteiger partial charge in [0.2, 0.25) is 10.0 Å². The molecule has 19 heavy (non-hydrogen) atoms. The van der Waals surface area contributed by atoms with Crippen molar-refractivity contribution in [2.24, 2.45) is 5.73 Å². The van der Waals surface area contributed by atoms with Gasteiger partial charge in [0.15, 0.2) is 0 Å². The summed E-state index contributed by atoms with van der Waals surface area (Å²) in [6.45, 7) is 1.21. The first-order chi connectivity index (χ1) is 8.58. The summed E-state index contributed by atoms with van der Waals surface area (Å²) in [5.41, 5.74) is 3.90. The number of halogens is 4. The fourth-order valence-electron chi connectivity index (χ4n) is 1.20. The quantitative estimate of drug-likeness (QED) is 0.896. The molecule has 0 amide bonds. The molecule has 0 fully saturated rings. The molecule has 1 aromatic carbocycles. The summed E-state index contributed by atoms with van der Waals surface area (Å²) in [6.07, 6.45) is -4.65. The van der Waals surface area contributed by atoms with Crippen LogP contribution in [-0.2, 0) is 16.2 Å². The highest BCUT2D eigenvalue weighted by atomic mass is 35.5. The minimum Gasteiger partial charge on any atom is -0.329 e. The Morgan fingerprint density at radius 2 is 2.00 bits per heavy atom. The van der Waals surface area contributed by atoms with E-state index in [1.165, 1.54) is 6.92 Å². The number of sulfonamides is 1. The number of anilines is 1. The second-order valence-corrected chi connectivity index (χ2v) is 6.39. The zero-order chi connectivity index (χ0) is 14.8. The summed E-state index contributed by atoms with van der Waals surface area (Å²) in [4.78, 5) is 0. The van der Waals surface area contributed by atoms with Crippen molar-refractivity contribution in [3.8, 4) is 0 Å². The average Bonchev–Trinajstić information content (AvgIpc) is 2.28. The van der Waals surface area contributed by atoms with Crippen LogP contribution in [0.2, 0.25) is 5.02 Å². The van der Waals surface area contributed by atoms with E-state index in [4.69, 9.17) is 17.3 Å². The molecule has 9 heteroatoms. The smallest absolute Gasteiger partial charge is 0.329 e. The lowest BCUT2D eigenvalue weighted by Gasteiger charge is -2.15. The molecule has 1 aromatic rings. The normalized spacial score (nSPS) is 14.2. The maximum absolute atomic E-state index is 12.6. The van der Waals surface area contributed by atoms with Crippen LogP contribution in [0.3, 0.4) is 0 Å². The van der Waals surface area contributed by atoms with Crippen LogP contribution in [0.1, 0.15) is 12.5 Å². The van der Waals surface area contributed by atoms with E-state index >= 15 is 0 Å². The molecule has 0 aromatic heterocycles. The fourth-order valence-corrected chi connectivity index (χ4v) is 2.33. The number of alkyl halides is 3. The summed E-state index contributed by atoms with van der Waals surface area (Å²) in [6, 6.07) is 2.77. The summed E-state index contributed by atoms with van der Waals surface area (Å²) >= 11 is 5.42. The molecule has 0 aliphatic carbocycles. The van der Waals surface area contributed by atoms with Gasteiger partial charge in [-0.25, -0.2) is 8.42 Å². The van der Waals surface area contributed by atoms with E-state index in [-0.39, 0.29) is 12.2 Å². The van der Waals surface area contributed by atoms with Crippen molar-refractivity contribution in [2.75, 3.05) is 11.3 Å². The molecule has 4 nitrogen and oxygen atoms in total. The Morgan fingerprint density at radius 1 is 1.42 bits per heavy atom. The second-order valence-electron chi connectivity index (χ2n) is 3.89. The lowest BCUT2D eigenvalue weighted by atomic mass is 10.2. The van der Waals surface area contributed by atoms with Gasteiger partial charge in [0.1, 0.15) is 0 Å². The highest BCUT2D eigenvalue weighted by Gasteiger charge is 2.33. The molecule has 1 atom stereocenters. The van der Waals surface area contributed by atoms with Crippen LogP contribution >= 0.6 is 11.6 Å². The van der Waals surface area contributed by atoms with Gasteiger partial charge < -0.3 is 5.73 Å². The Hall–Kier alpha value is -0.990. The topological polar surface area (TPSA) is 72.2 Å². The number of hydrogen-bond acceptors (Lipinski definition) is 3. The molecule has 0 saturated carbocycles. The van der Waals surface area contributed by atoms with Crippen molar-refractivity contribution < 1.29 is 21.6 Å². The van der Waals surface area contributed by atoms with Crippen LogP contribution in [0, 0.1) is 0 Å². The van der Waals surface area contributed by atoms with Crippen LogP contribution in [0.25, 0.3) is 0 Å². The van der Waals surface area contributed by atoms with Gasteiger partial charge in [-0.1, -0.05) is 11.6 Å². The van der Waals surface area contributed by atoms with Crippen LogP contribution in [0.5, 0.6) is 0 Å². The number of rotatable bonds is 4. The number of benzene rings is 1. The number of nitrogens with two attached hydrogens (primary N) is 1. The monoisotopic (exact) mass is 316 g/mol. The van der Waals surface area contributed by atoms with Gasteiger partial charge in [-0.15, -0.1) is 0 Å². The molecular formula is C10H12ClF3N2O2S. The summed E-state index contributed by atoms with van der Waals surface area (Å²) in [5, 5.41) is -1.42. The summed E-state index contributed by atoms with van der Waals surface area (Å²) in [7, 11) is -3.82. The van der Waals surface area contributed by atoms with Gasteiger partial charge in [-0.05, 0) is 25.1 Å². The van der Waals surface area contributed by atoms with Crippen molar-refractivity contribution in [3.63, 3.8) is 0 Å². The molecule has 0 bridgehead atoms. The molecule has 1 rings (SSSR count). The third kappa shape index (κ3) is 3.99. The van der Waals surface area contributed by atoms with E-state index in [2.05, 4.69) is 0 Å². The lowest BCUT2D eigenvalue weighted by molar-refractivity contribution is -0.137. The van der Waals surface area contributed by atoms with E-state index < -0.39 is 32.0 Å². The van der Waals surface area contributed by atoms with Gasteiger partial charge in [0, 0.05) is 12.2 Å². The Kier molecular flexibility index (Phi) is 4.70. The average molecular weight is 317 g/mol. The van der Waals surface area contributed by atoms with Crippen molar-refractivity contribution >= 4 is 27.3 Å². The maximum atomic E-state index is 12.6. The third-order valence-electron chi connectivity index (χ3n) is 2.39. The third-order valence-corrected chi connectivity index (χ3v) is 4.50. The predicted molar refractivity (Wildman–Crippen MR) is 67.5 cm³/mol. The molecule has 3 N–H and O–H groups in total. The molecule has 0 saturated heterocycles. The lowest BCUT2D eigenvalue weighted by Crippen LogP contribution is -2.31. The molecule has 0 heterocycles. The van der Waals surface area contributed by atoms with Gasteiger partial charge in [-0.2, -0.15) is 13.2 Å². The molecule has 0 radical (unpaired) electrons.